The highest BCUT2D eigenvalue weighted by atomic mass is 16.4. The monoisotopic (exact) mass is 247 g/mol. The van der Waals surface area contributed by atoms with Gasteiger partial charge in [-0.05, 0) is 38.5 Å². The second-order valence-corrected chi connectivity index (χ2v) is 4.78. The minimum absolute atomic E-state index is 0.0910. The number of hydrogen-bond acceptors (Lipinski definition) is 2. The average Bonchev–Trinajstić information content (AvgIpc) is 2.68. The molecular weight excluding hydrogens is 230 g/mol. The van der Waals surface area contributed by atoms with E-state index in [0.29, 0.717) is 5.69 Å². The molecule has 1 atom stereocenters. The zero-order chi connectivity index (χ0) is 13.4. The Hall–Kier alpha value is -1.81. The van der Waals surface area contributed by atoms with E-state index in [2.05, 4.69) is 0 Å². The van der Waals surface area contributed by atoms with Gasteiger partial charge in [-0.2, -0.15) is 0 Å². The number of carbonyl (C=O) groups is 1. The van der Waals surface area contributed by atoms with E-state index in [9.17, 15) is 9.90 Å². The summed E-state index contributed by atoms with van der Waals surface area (Å²) in [5.41, 5.74) is 2.47. The molecule has 0 bridgehead atoms. The van der Waals surface area contributed by atoms with Gasteiger partial charge in [-0.1, -0.05) is 12.1 Å². The standard InChI is InChI=1S/C14H17NO3/c1-8(2)15-11-6-4-5-9(3)10(11)7-12(15)13(16)14(17)18/h4-8,13,16H,1-3H3,(H,17,18). The molecule has 0 aliphatic rings. The van der Waals surface area contributed by atoms with E-state index < -0.39 is 12.1 Å². The molecule has 0 amide bonds. The largest absolute Gasteiger partial charge is 0.479 e. The normalized spacial score (nSPS) is 13.2. The average molecular weight is 247 g/mol. The van der Waals surface area contributed by atoms with Crippen LogP contribution in [-0.4, -0.2) is 20.7 Å². The van der Waals surface area contributed by atoms with Crippen LogP contribution in [0.5, 0.6) is 0 Å². The molecule has 0 fully saturated rings. The Morgan fingerprint density at radius 2 is 2.00 bits per heavy atom. The number of fused-ring (bicyclic) bond motifs is 1. The maximum absolute atomic E-state index is 11.0. The summed E-state index contributed by atoms with van der Waals surface area (Å²) in [6.07, 6.45) is -1.49. The number of aliphatic carboxylic acids is 1. The Kier molecular flexibility index (Phi) is 3.13. The van der Waals surface area contributed by atoms with Crippen LogP contribution in [0, 0.1) is 6.92 Å². The van der Waals surface area contributed by atoms with E-state index in [4.69, 9.17) is 5.11 Å². The van der Waals surface area contributed by atoms with Gasteiger partial charge in [0, 0.05) is 16.9 Å². The number of aliphatic hydroxyl groups is 1. The number of nitrogens with zero attached hydrogens (tertiary/aromatic N) is 1. The number of rotatable bonds is 3. The van der Waals surface area contributed by atoms with Gasteiger partial charge in [-0.3, -0.25) is 0 Å². The summed E-state index contributed by atoms with van der Waals surface area (Å²) in [4.78, 5) is 11.0. The highest BCUT2D eigenvalue weighted by molar-refractivity contribution is 5.86. The van der Waals surface area contributed by atoms with Crippen LogP contribution >= 0.6 is 0 Å². The van der Waals surface area contributed by atoms with Crippen LogP contribution in [0.4, 0.5) is 0 Å². The summed E-state index contributed by atoms with van der Waals surface area (Å²) in [5, 5.41) is 19.8. The summed E-state index contributed by atoms with van der Waals surface area (Å²) in [7, 11) is 0. The van der Waals surface area contributed by atoms with Crippen molar-refractivity contribution in [1.82, 2.24) is 4.57 Å². The molecule has 0 saturated heterocycles. The summed E-state index contributed by atoms with van der Waals surface area (Å²) in [5.74, 6) is -1.22. The van der Waals surface area contributed by atoms with Crippen LogP contribution < -0.4 is 0 Å². The zero-order valence-corrected chi connectivity index (χ0v) is 10.7. The first-order valence-electron chi connectivity index (χ1n) is 5.94. The van der Waals surface area contributed by atoms with Gasteiger partial charge >= 0.3 is 5.97 Å². The smallest absolute Gasteiger partial charge is 0.338 e. The third-order valence-corrected chi connectivity index (χ3v) is 3.16. The number of benzene rings is 1. The van der Waals surface area contributed by atoms with Gasteiger partial charge in [0.2, 0.25) is 0 Å². The van der Waals surface area contributed by atoms with Gasteiger partial charge in [0.05, 0.1) is 5.69 Å². The molecule has 4 nitrogen and oxygen atoms in total. The van der Waals surface area contributed by atoms with Gasteiger partial charge in [-0.25, -0.2) is 4.79 Å². The molecule has 1 unspecified atom stereocenters. The van der Waals surface area contributed by atoms with Gasteiger partial charge in [0.15, 0.2) is 6.10 Å². The van der Waals surface area contributed by atoms with Crippen LogP contribution in [0.1, 0.15) is 37.3 Å². The molecule has 0 radical (unpaired) electrons. The van der Waals surface area contributed by atoms with Crippen molar-refractivity contribution in [2.24, 2.45) is 0 Å². The van der Waals surface area contributed by atoms with Crippen LogP contribution in [0.3, 0.4) is 0 Å². The summed E-state index contributed by atoms with van der Waals surface area (Å²) >= 11 is 0. The van der Waals surface area contributed by atoms with Crippen molar-refractivity contribution >= 4 is 16.9 Å². The maximum Gasteiger partial charge on any atom is 0.338 e. The minimum Gasteiger partial charge on any atom is -0.479 e. The van der Waals surface area contributed by atoms with Crippen molar-refractivity contribution in [3.8, 4) is 0 Å². The molecule has 2 N–H and O–H groups in total. The van der Waals surface area contributed by atoms with E-state index >= 15 is 0 Å². The zero-order valence-electron chi connectivity index (χ0n) is 10.7. The third kappa shape index (κ3) is 1.88. The number of carboxylic acid groups (broad SMARTS) is 1. The van der Waals surface area contributed by atoms with Gasteiger partial charge in [0.25, 0.3) is 0 Å². The minimum atomic E-state index is -1.49. The Morgan fingerprint density at radius 3 is 2.56 bits per heavy atom. The fourth-order valence-electron chi connectivity index (χ4n) is 2.33. The van der Waals surface area contributed by atoms with Crippen molar-refractivity contribution < 1.29 is 15.0 Å². The number of hydrogen-bond donors (Lipinski definition) is 2. The fraction of sp³-hybridized carbons (Fsp3) is 0.357. The summed E-state index contributed by atoms with van der Waals surface area (Å²) in [6.45, 7) is 5.92. The van der Waals surface area contributed by atoms with Crippen molar-refractivity contribution in [3.05, 3.63) is 35.5 Å². The molecule has 0 saturated carbocycles. The summed E-state index contributed by atoms with van der Waals surface area (Å²) < 4.78 is 1.88. The highest BCUT2D eigenvalue weighted by Gasteiger charge is 2.23. The van der Waals surface area contributed by atoms with E-state index in [1.807, 2.05) is 43.5 Å². The Balaban J connectivity index is 2.77. The molecular formula is C14H17NO3. The van der Waals surface area contributed by atoms with Gasteiger partial charge in [-0.15, -0.1) is 0 Å². The molecule has 2 rings (SSSR count). The highest BCUT2D eigenvalue weighted by Crippen LogP contribution is 2.30. The van der Waals surface area contributed by atoms with Crippen LogP contribution in [0.2, 0.25) is 0 Å². The maximum atomic E-state index is 11.0. The molecule has 2 aromatic rings. The van der Waals surface area contributed by atoms with Gasteiger partial charge < -0.3 is 14.8 Å². The first-order chi connectivity index (χ1) is 8.43. The molecule has 1 aromatic heterocycles. The predicted octanol–water partition coefficient (Wildman–Crippen LogP) is 2.65. The lowest BCUT2D eigenvalue weighted by Crippen LogP contribution is -2.16. The molecule has 4 heteroatoms. The lowest BCUT2D eigenvalue weighted by Gasteiger charge is -2.16. The molecule has 18 heavy (non-hydrogen) atoms. The lowest BCUT2D eigenvalue weighted by atomic mass is 10.1. The lowest BCUT2D eigenvalue weighted by molar-refractivity contribution is -0.147. The molecule has 1 aromatic carbocycles. The Morgan fingerprint density at radius 1 is 1.33 bits per heavy atom. The van der Waals surface area contributed by atoms with Crippen molar-refractivity contribution in [2.45, 2.75) is 32.9 Å². The Labute approximate surface area is 105 Å². The van der Waals surface area contributed by atoms with Crippen LogP contribution in [0.25, 0.3) is 10.9 Å². The number of carboxylic acids is 1. The number of aryl methyl sites for hydroxylation is 1. The second-order valence-electron chi connectivity index (χ2n) is 4.78. The third-order valence-electron chi connectivity index (χ3n) is 3.16. The molecule has 0 aliphatic heterocycles. The Bertz CT molecular complexity index is 598. The first kappa shape index (κ1) is 12.6. The van der Waals surface area contributed by atoms with E-state index in [1.165, 1.54) is 0 Å². The fourth-order valence-corrected chi connectivity index (χ4v) is 2.33. The van der Waals surface area contributed by atoms with Crippen LogP contribution in [0.15, 0.2) is 24.3 Å². The van der Waals surface area contributed by atoms with Gasteiger partial charge in [0.1, 0.15) is 0 Å². The molecule has 96 valence electrons. The second kappa shape index (κ2) is 4.46. The van der Waals surface area contributed by atoms with Crippen molar-refractivity contribution in [3.63, 3.8) is 0 Å². The predicted molar refractivity (Wildman–Crippen MR) is 69.7 cm³/mol. The molecule has 1 heterocycles. The molecule has 0 aliphatic carbocycles. The van der Waals surface area contributed by atoms with Crippen molar-refractivity contribution in [2.75, 3.05) is 0 Å². The van der Waals surface area contributed by atoms with E-state index in [0.717, 1.165) is 16.5 Å². The quantitative estimate of drug-likeness (QED) is 0.876. The topological polar surface area (TPSA) is 62.5 Å². The van der Waals surface area contributed by atoms with E-state index in [-0.39, 0.29) is 6.04 Å². The first-order valence-corrected chi connectivity index (χ1v) is 5.94. The van der Waals surface area contributed by atoms with Crippen LogP contribution in [-0.2, 0) is 4.79 Å². The summed E-state index contributed by atoms with van der Waals surface area (Å²) in [6, 6.07) is 7.72. The number of aliphatic hydroxyl groups excluding tert-OH is 1. The van der Waals surface area contributed by atoms with E-state index in [1.54, 1.807) is 6.07 Å². The SMILES string of the molecule is Cc1cccc2c1cc(C(O)C(=O)O)n2C(C)C. The van der Waals surface area contributed by atoms with Crippen molar-refractivity contribution in [1.29, 1.82) is 0 Å². The molecule has 0 spiro atoms. The number of aromatic nitrogens is 1.